The Morgan fingerprint density at radius 2 is 2.12 bits per heavy atom. The molecule has 6 nitrogen and oxygen atoms in total. The largest absolute Gasteiger partial charge is 0.497 e. The zero-order valence-electron chi connectivity index (χ0n) is 9.38. The number of nitro groups is 1. The number of hydrogen-bond donors (Lipinski definition) is 0. The van der Waals surface area contributed by atoms with Gasteiger partial charge in [-0.05, 0) is 17.7 Å². The minimum absolute atomic E-state index is 0.487. The summed E-state index contributed by atoms with van der Waals surface area (Å²) >= 11 is 0. The fourth-order valence-corrected chi connectivity index (χ4v) is 1.18. The number of carbonyl (C=O) groups is 1. The van der Waals surface area contributed by atoms with E-state index in [0.717, 1.165) is 13.2 Å². The first kappa shape index (κ1) is 12.7. The lowest BCUT2D eigenvalue weighted by Crippen LogP contribution is -2.12. The lowest BCUT2D eigenvalue weighted by molar-refractivity contribution is -0.419. The summed E-state index contributed by atoms with van der Waals surface area (Å²) < 4.78 is 9.29. The Balaban J connectivity index is 3.12. The van der Waals surface area contributed by atoms with Crippen molar-refractivity contribution in [2.24, 2.45) is 0 Å². The second-order valence-electron chi connectivity index (χ2n) is 3.05. The first-order valence-electron chi connectivity index (χ1n) is 4.67. The van der Waals surface area contributed by atoms with Crippen LogP contribution in [0.1, 0.15) is 5.56 Å². The van der Waals surface area contributed by atoms with Crippen LogP contribution in [-0.2, 0) is 9.53 Å². The molecule has 90 valence electrons. The Labute approximate surface area is 97.6 Å². The molecule has 1 rings (SSSR count). The van der Waals surface area contributed by atoms with Gasteiger partial charge in [0.15, 0.2) is 0 Å². The van der Waals surface area contributed by atoms with Crippen LogP contribution in [-0.4, -0.2) is 25.1 Å². The molecule has 0 atom stereocenters. The zero-order chi connectivity index (χ0) is 12.8. The molecule has 0 spiro atoms. The lowest BCUT2D eigenvalue weighted by Gasteiger charge is -2.00. The van der Waals surface area contributed by atoms with Crippen LogP contribution in [0.15, 0.2) is 30.0 Å². The summed E-state index contributed by atoms with van der Waals surface area (Å²) in [7, 11) is 2.57. The third kappa shape index (κ3) is 3.30. The van der Waals surface area contributed by atoms with Gasteiger partial charge in [0.05, 0.1) is 19.1 Å². The van der Waals surface area contributed by atoms with Crippen molar-refractivity contribution >= 4 is 12.0 Å². The maximum absolute atomic E-state index is 11.1. The van der Waals surface area contributed by atoms with Gasteiger partial charge >= 0.3 is 11.7 Å². The number of carbonyl (C=O) groups excluding carboxylic acids is 1. The Kier molecular flexibility index (Phi) is 4.21. The summed E-state index contributed by atoms with van der Waals surface area (Å²) in [6.07, 6.45) is 1.13. The predicted octanol–water partition coefficient (Wildman–Crippen LogP) is 1.49. The number of esters is 1. The van der Waals surface area contributed by atoms with Gasteiger partial charge < -0.3 is 9.47 Å². The highest BCUT2D eigenvalue weighted by atomic mass is 16.6. The van der Waals surface area contributed by atoms with Gasteiger partial charge in [-0.3, -0.25) is 10.1 Å². The number of rotatable bonds is 4. The number of nitrogens with zero attached hydrogens (tertiary/aromatic N) is 1. The van der Waals surface area contributed by atoms with E-state index >= 15 is 0 Å². The molecular formula is C11H11NO5. The summed E-state index contributed by atoms with van der Waals surface area (Å²) in [4.78, 5) is 21.0. The molecule has 0 unspecified atom stereocenters. The number of benzene rings is 1. The molecule has 0 heterocycles. The Morgan fingerprint density at radius 1 is 1.41 bits per heavy atom. The van der Waals surface area contributed by atoms with Gasteiger partial charge in [0.25, 0.3) is 0 Å². The molecule has 0 aliphatic carbocycles. The molecule has 0 amide bonds. The number of methoxy groups -OCH3 is 2. The zero-order valence-corrected chi connectivity index (χ0v) is 9.38. The van der Waals surface area contributed by atoms with Crippen molar-refractivity contribution in [1.82, 2.24) is 0 Å². The van der Waals surface area contributed by atoms with Gasteiger partial charge in [0.1, 0.15) is 5.75 Å². The van der Waals surface area contributed by atoms with Crippen molar-refractivity contribution in [3.8, 4) is 5.75 Å². The third-order valence-electron chi connectivity index (χ3n) is 1.99. The minimum Gasteiger partial charge on any atom is -0.497 e. The average molecular weight is 237 g/mol. The molecule has 0 bridgehead atoms. The van der Waals surface area contributed by atoms with Gasteiger partial charge in [-0.25, -0.2) is 4.79 Å². The summed E-state index contributed by atoms with van der Waals surface area (Å²) in [5, 5.41) is 10.7. The molecule has 0 aliphatic rings. The minimum atomic E-state index is -0.988. The van der Waals surface area contributed by atoms with E-state index in [0.29, 0.717) is 11.3 Å². The summed E-state index contributed by atoms with van der Waals surface area (Å²) in [6, 6.07) is 6.56. The molecule has 0 N–H and O–H groups in total. The van der Waals surface area contributed by atoms with E-state index in [-0.39, 0.29) is 0 Å². The van der Waals surface area contributed by atoms with E-state index in [2.05, 4.69) is 4.74 Å². The fourth-order valence-electron chi connectivity index (χ4n) is 1.18. The van der Waals surface area contributed by atoms with Gasteiger partial charge in [-0.2, -0.15) is 0 Å². The quantitative estimate of drug-likeness (QED) is 0.343. The van der Waals surface area contributed by atoms with Crippen molar-refractivity contribution in [2.75, 3.05) is 14.2 Å². The van der Waals surface area contributed by atoms with E-state index < -0.39 is 16.6 Å². The first-order chi connectivity index (χ1) is 8.08. The number of hydrogen-bond acceptors (Lipinski definition) is 5. The fraction of sp³-hybridized carbons (Fsp3) is 0.182. The molecule has 17 heavy (non-hydrogen) atoms. The van der Waals surface area contributed by atoms with Crippen molar-refractivity contribution in [2.45, 2.75) is 0 Å². The molecule has 6 heteroatoms. The van der Waals surface area contributed by atoms with Crippen molar-refractivity contribution in [1.29, 1.82) is 0 Å². The molecule has 0 saturated carbocycles. The highest BCUT2D eigenvalue weighted by Gasteiger charge is 2.22. The molecule has 0 saturated heterocycles. The van der Waals surface area contributed by atoms with Crippen LogP contribution in [0.25, 0.3) is 6.08 Å². The normalized spacial score (nSPS) is 10.8. The second kappa shape index (κ2) is 5.64. The molecule has 0 aromatic heterocycles. The molecular weight excluding hydrogens is 226 g/mol. The topological polar surface area (TPSA) is 78.7 Å². The van der Waals surface area contributed by atoms with Crippen LogP contribution >= 0.6 is 0 Å². The molecule has 0 radical (unpaired) electrons. The van der Waals surface area contributed by atoms with Crippen molar-refractivity contribution < 1.29 is 19.2 Å². The molecule has 0 aliphatic heterocycles. The Bertz CT molecular complexity index is 467. The van der Waals surface area contributed by atoms with Gasteiger partial charge in [-0.1, -0.05) is 12.1 Å². The van der Waals surface area contributed by atoms with E-state index in [9.17, 15) is 14.9 Å². The average Bonchev–Trinajstić information content (AvgIpc) is 2.35. The highest BCUT2D eigenvalue weighted by Crippen LogP contribution is 2.15. The monoisotopic (exact) mass is 237 g/mol. The highest BCUT2D eigenvalue weighted by molar-refractivity contribution is 5.90. The Morgan fingerprint density at radius 3 is 2.65 bits per heavy atom. The van der Waals surface area contributed by atoms with E-state index in [1.165, 1.54) is 7.11 Å². The molecule has 0 fully saturated rings. The summed E-state index contributed by atoms with van der Waals surface area (Å²) in [5.74, 6) is -0.441. The predicted molar refractivity (Wildman–Crippen MR) is 60.0 cm³/mol. The van der Waals surface area contributed by atoms with Crippen LogP contribution in [0, 0.1) is 10.1 Å². The molecule has 1 aromatic rings. The van der Waals surface area contributed by atoms with Crippen LogP contribution in [0.5, 0.6) is 5.75 Å². The van der Waals surface area contributed by atoms with E-state index in [4.69, 9.17) is 4.74 Å². The van der Waals surface area contributed by atoms with Crippen LogP contribution in [0.4, 0.5) is 0 Å². The smallest absolute Gasteiger partial charge is 0.409 e. The lowest BCUT2D eigenvalue weighted by atomic mass is 10.2. The summed E-state index contributed by atoms with van der Waals surface area (Å²) in [5.41, 5.74) is -0.137. The van der Waals surface area contributed by atoms with Crippen LogP contribution in [0.3, 0.4) is 0 Å². The van der Waals surface area contributed by atoms with Gasteiger partial charge in [0, 0.05) is 6.08 Å². The third-order valence-corrected chi connectivity index (χ3v) is 1.99. The van der Waals surface area contributed by atoms with Crippen LogP contribution in [0.2, 0.25) is 0 Å². The van der Waals surface area contributed by atoms with Crippen molar-refractivity contribution in [3.63, 3.8) is 0 Å². The second-order valence-corrected chi connectivity index (χ2v) is 3.05. The SMILES string of the molecule is COC(=O)C(=Cc1cccc(OC)c1)[N+](=O)[O-]. The maximum atomic E-state index is 11.1. The van der Waals surface area contributed by atoms with Gasteiger partial charge in [-0.15, -0.1) is 0 Å². The number of ether oxygens (including phenoxy) is 2. The van der Waals surface area contributed by atoms with Gasteiger partial charge in [0.2, 0.25) is 0 Å². The maximum Gasteiger partial charge on any atom is 0.409 e. The summed E-state index contributed by atoms with van der Waals surface area (Å²) in [6.45, 7) is 0. The first-order valence-corrected chi connectivity index (χ1v) is 4.67. The Hall–Kier alpha value is -2.37. The standard InChI is InChI=1S/C11H11NO5/c1-16-9-5-3-4-8(6-9)7-10(12(14)15)11(13)17-2/h3-7H,1-2H3. The van der Waals surface area contributed by atoms with E-state index in [1.807, 2.05) is 0 Å². The molecule has 1 aromatic carbocycles. The van der Waals surface area contributed by atoms with Crippen molar-refractivity contribution in [3.05, 3.63) is 45.6 Å². The van der Waals surface area contributed by atoms with E-state index in [1.54, 1.807) is 24.3 Å². The van der Waals surface area contributed by atoms with Crippen LogP contribution < -0.4 is 4.74 Å².